The first-order chi connectivity index (χ1) is 22.6. The van der Waals surface area contributed by atoms with Crippen LogP contribution in [0.3, 0.4) is 0 Å². The van der Waals surface area contributed by atoms with Crippen LogP contribution in [0.1, 0.15) is 13.8 Å². The summed E-state index contributed by atoms with van der Waals surface area (Å²) < 4.78 is 12.9. The van der Waals surface area contributed by atoms with Gasteiger partial charge in [0.1, 0.15) is 31.8 Å². The standard InChI is InChI=1S/C41H38O3P2/c1-33(45(35-21-9-3-10-22-35,36-23-11-4-12-24-36)37-25-13-5-14-26-37)43-41(42)44-34(2)46(38-27-15-6-16-28-38,39-29-17-7-18-30-39)40-31-19-8-20-32-40/h3-34H,1-2H3/q+2. The van der Waals surface area contributed by atoms with E-state index in [1.165, 1.54) is 0 Å². The zero-order chi connectivity index (χ0) is 31.8. The van der Waals surface area contributed by atoms with Crippen LogP contribution in [0.25, 0.3) is 0 Å². The minimum atomic E-state index is -2.47. The van der Waals surface area contributed by atoms with E-state index in [2.05, 4.69) is 146 Å². The summed E-state index contributed by atoms with van der Waals surface area (Å²) in [6.45, 7) is 4.03. The second-order valence-corrected chi connectivity index (χ2v) is 18.6. The van der Waals surface area contributed by atoms with Crippen molar-refractivity contribution in [3.05, 3.63) is 182 Å². The largest absolute Gasteiger partial charge is 0.514 e. The van der Waals surface area contributed by atoms with Gasteiger partial charge in [-0.05, 0) is 72.8 Å². The first-order valence-electron chi connectivity index (χ1n) is 15.6. The molecule has 0 aliphatic rings. The van der Waals surface area contributed by atoms with Crippen LogP contribution >= 0.6 is 14.5 Å². The van der Waals surface area contributed by atoms with Crippen LogP contribution in [-0.4, -0.2) is 17.8 Å². The molecule has 0 heterocycles. The van der Waals surface area contributed by atoms with Crippen molar-refractivity contribution in [1.82, 2.24) is 0 Å². The number of hydrogen-bond acceptors (Lipinski definition) is 3. The highest BCUT2D eigenvalue weighted by Gasteiger charge is 2.55. The number of benzene rings is 6. The molecular formula is C41H38O3P2+2. The zero-order valence-electron chi connectivity index (χ0n) is 26.1. The second kappa shape index (κ2) is 14.3. The number of hydrogen-bond donors (Lipinski definition) is 0. The Morgan fingerprint density at radius 3 is 0.717 bits per heavy atom. The third kappa shape index (κ3) is 5.90. The molecule has 0 spiro atoms. The molecule has 0 amide bonds. The Morgan fingerprint density at radius 1 is 0.370 bits per heavy atom. The minimum absolute atomic E-state index is 0.502. The van der Waals surface area contributed by atoms with Crippen molar-refractivity contribution in [2.24, 2.45) is 0 Å². The summed E-state index contributed by atoms with van der Waals surface area (Å²) >= 11 is 0. The van der Waals surface area contributed by atoms with Crippen LogP contribution in [0.4, 0.5) is 4.79 Å². The number of carbonyl (C=O) groups excluding carboxylic acids is 1. The van der Waals surface area contributed by atoms with Crippen molar-refractivity contribution in [1.29, 1.82) is 0 Å². The predicted molar refractivity (Wildman–Crippen MR) is 197 cm³/mol. The highest BCUT2D eigenvalue weighted by Crippen LogP contribution is 2.62. The maximum absolute atomic E-state index is 14.1. The van der Waals surface area contributed by atoms with Crippen LogP contribution < -0.4 is 31.8 Å². The van der Waals surface area contributed by atoms with E-state index in [9.17, 15) is 4.79 Å². The maximum atomic E-state index is 14.1. The van der Waals surface area contributed by atoms with Crippen molar-refractivity contribution >= 4 is 52.5 Å². The topological polar surface area (TPSA) is 35.5 Å². The molecule has 0 aliphatic carbocycles. The Balaban J connectivity index is 1.43. The molecule has 2 unspecified atom stereocenters. The number of rotatable bonds is 10. The van der Waals surface area contributed by atoms with Crippen molar-refractivity contribution < 1.29 is 14.3 Å². The summed E-state index contributed by atoms with van der Waals surface area (Å²) in [5.41, 5.74) is 0. The smallest absolute Gasteiger partial charge is 0.395 e. The lowest BCUT2D eigenvalue weighted by atomic mass is 10.4. The molecule has 2 atom stereocenters. The van der Waals surface area contributed by atoms with Gasteiger partial charge in [-0.1, -0.05) is 109 Å². The van der Waals surface area contributed by atoms with Gasteiger partial charge in [0.05, 0.1) is 0 Å². The van der Waals surface area contributed by atoms with E-state index in [1.54, 1.807) is 0 Å². The van der Waals surface area contributed by atoms with Crippen molar-refractivity contribution in [2.45, 2.75) is 25.5 Å². The third-order valence-electron chi connectivity index (χ3n) is 8.61. The van der Waals surface area contributed by atoms with Gasteiger partial charge in [0.2, 0.25) is 11.7 Å². The van der Waals surface area contributed by atoms with E-state index in [0.29, 0.717) is 0 Å². The molecule has 0 radical (unpaired) electrons. The first-order valence-corrected chi connectivity index (χ1v) is 19.3. The van der Waals surface area contributed by atoms with Crippen molar-refractivity contribution in [3.63, 3.8) is 0 Å². The van der Waals surface area contributed by atoms with Crippen LogP contribution in [0.2, 0.25) is 0 Å². The fraction of sp³-hybridized carbons (Fsp3) is 0.0976. The average molecular weight is 641 g/mol. The molecule has 0 saturated heterocycles. The summed E-state index contributed by atoms with van der Waals surface area (Å²) in [5, 5.41) is 6.84. The van der Waals surface area contributed by atoms with E-state index in [0.717, 1.165) is 31.8 Å². The Kier molecular flexibility index (Phi) is 9.74. The highest BCUT2D eigenvalue weighted by atomic mass is 31.2. The van der Waals surface area contributed by atoms with Crippen molar-refractivity contribution in [2.75, 3.05) is 0 Å². The van der Waals surface area contributed by atoms with Gasteiger partial charge in [0.25, 0.3) is 0 Å². The molecular weight excluding hydrogens is 602 g/mol. The Bertz CT molecular complexity index is 1490. The Morgan fingerprint density at radius 2 is 0.543 bits per heavy atom. The molecule has 5 heteroatoms. The van der Waals surface area contributed by atoms with Gasteiger partial charge in [-0.3, -0.25) is 0 Å². The van der Waals surface area contributed by atoms with Gasteiger partial charge in [0.15, 0.2) is 14.5 Å². The van der Waals surface area contributed by atoms with E-state index in [1.807, 2.05) is 50.2 Å². The molecule has 6 rings (SSSR count). The van der Waals surface area contributed by atoms with Crippen molar-refractivity contribution in [3.8, 4) is 0 Å². The molecule has 3 nitrogen and oxygen atoms in total. The van der Waals surface area contributed by atoms with Crippen LogP contribution in [0.15, 0.2) is 182 Å². The average Bonchev–Trinajstić information content (AvgIpc) is 3.12. The predicted octanol–water partition coefficient (Wildman–Crippen LogP) is 7.82. The molecule has 0 aliphatic heterocycles. The summed E-state index contributed by atoms with van der Waals surface area (Å²) in [7, 11) is -4.94. The van der Waals surface area contributed by atoms with Gasteiger partial charge in [-0.25, -0.2) is 4.79 Å². The third-order valence-corrected chi connectivity index (χ3v) is 17.7. The molecule has 228 valence electrons. The van der Waals surface area contributed by atoms with Crippen LogP contribution in [-0.2, 0) is 9.47 Å². The van der Waals surface area contributed by atoms with E-state index < -0.39 is 32.4 Å². The lowest BCUT2D eigenvalue weighted by molar-refractivity contribution is 0.0450. The lowest BCUT2D eigenvalue weighted by Crippen LogP contribution is -2.42. The molecule has 0 bridgehead atoms. The number of ether oxygens (including phenoxy) is 2. The lowest BCUT2D eigenvalue weighted by Gasteiger charge is -2.34. The van der Waals surface area contributed by atoms with Gasteiger partial charge >= 0.3 is 6.16 Å². The Hall–Kier alpha value is -4.55. The van der Waals surface area contributed by atoms with Gasteiger partial charge in [-0.15, -0.1) is 0 Å². The van der Waals surface area contributed by atoms with Gasteiger partial charge in [0, 0.05) is 13.8 Å². The van der Waals surface area contributed by atoms with E-state index >= 15 is 0 Å². The highest BCUT2D eigenvalue weighted by molar-refractivity contribution is 7.96. The van der Waals surface area contributed by atoms with E-state index in [-0.39, 0.29) is 0 Å². The fourth-order valence-corrected chi connectivity index (χ4v) is 15.2. The van der Waals surface area contributed by atoms with Gasteiger partial charge in [-0.2, -0.15) is 0 Å². The monoisotopic (exact) mass is 640 g/mol. The maximum Gasteiger partial charge on any atom is 0.514 e. The molecule has 0 N–H and O–H groups in total. The van der Waals surface area contributed by atoms with Crippen LogP contribution in [0.5, 0.6) is 0 Å². The Labute approximate surface area is 273 Å². The molecule has 46 heavy (non-hydrogen) atoms. The van der Waals surface area contributed by atoms with Gasteiger partial charge < -0.3 is 9.47 Å². The zero-order valence-corrected chi connectivity index (χ0v) is 27.9. The summed E-state index contributed by atoms with van der Waals surface area (Å²) in [4.78, 5) is 14.1. The SMILES string of the molecule is CC(OC(=O)OC(C)[P+](c1ccccc1)(c1ccccc1)c1ccccc1)[P+](c1ccccc1)(c1ccccc1)c1ccccc1. The molecule has 0 aromatic heterocycles. The summed E-state index contributed by atoms with van der Waals surface area (Å²) in [5.74, 6) is -1.00. The summed E-state index contributed by atoms with van der Waals surface area (Å²) in [6.07, 6.45) is -0.667. The molecule has 6 aromatic carbocycles. The summed E-state index contributed by atoms with van der Waals surface area (Å²) in [6, 6.07) is 62.6. The fourth-order valence-electron chi connectivity index (χ4n) is 6.60. The van der Waals surface area contributed by atoms with E-state index in [4.69, 9.17) is 9.47 Å². The molecule has 0 saturated carbocycles. The second-order valence-electron chi connectivity index (χ2n) is 11.1. The minimum Gasteiger partial charge on any atom is -0.395 e. The normalized spacial score (nSPS) is 12.9. The molecule has 0 fully saturated rings. The first kappa shape index (κ1) is 31.4. The van der Waals surface area contributed by atoms with Crippen LogP contribution in [0, 0.1) is 0 Å². The number of carbonyl (C=O) groups is 1. The molecule has 6 aromatic rings. The quantitative estimate of drug-likeness (QED) is 0.113.